The average molecular weight is 502 g/mol. The van der Waals surface area contributed by atoms with E-state index >= 15 is 0 Å². The largest absolute Gasteiger partial charge is 0.353 e. The first kappa shape index (κ1) is 24.6. The fourth-order valence-corrected chi connectivity index (χ4v) is 5.05. The second-order valence-corrected chi connectivity index (χ2v) is 9.32. The van der Waals surface area contributed by atoms with Gasteiger partial charge in [0.1, 0.15) is 17.6 Å². The van der Waals surface area contributed by atoms with Crippen LogP contribution >= 0.6 is 0 Å². The summed E-state index contributed by atoms with van der Waals surface area (Å²) in [4.78, 5) is 43.2. The van der Waals surface area contributed by atoms with Crippen molar-refractivity contribution in [2.75, 3.05) is 19.7 Å². The number of ether oxygens (including phenoxy) is 1. The Morgan fingerprint density at radius 1 is 0.865 bits per heavy atom. The summed E-state index contributed by atoms with van der Waals surface area (Å²) in [6.07, 6.45) is 0.685. The zero-order valence-electron chi connectivity index (χ0n) is 20.3. The number of rotatable bonds is 5. The lowest BCUT2D eigenvalue weighted by Crippen LogP contribution is -2.59. The topological polar surface area (TPSA) is 79.0 Å². The molecule has 3 aromatic rings. The van der Waals surface area contributed by atoms with Crippen molar-refractivity contribution in [2.24, 2.45) is 0 Å². The van der Waals surface area contributed by atoms with Crippen molar-refractivity contribution in [2.45, 2.75) is 31.2 Å². The molecular weight excluding hydrogens is 473 g/mol. The van der Waals surface area contributed by atoms with Gasteiger partial charge in [-0.05, 0) is 35.9 Å². The lowest BCUT2D eigenvalue weighted by Gasteiger charge is -2.44. The molecule has 190 valence electrons. The van der Waals surface area contributed by atoms with Gasteiger partial charge in [0.15, 0.2) is 0 Å². The van der Waals surface area contributed by atoms with Crippen LogP contribution in [0.25, 0.3) is 0 Å². The minimum absolute atomic E-state index is 0.0665. The van der Waals surface area contributed by atoms with Gasteiger partial charge in [-0.1, -0.05) is 54.6 Å². The Morgan fingerprint density at radius 2 is 1.51 bits per heavy atom. The molecule has 1 unspecified atom stereocenters. The fraction of sp³-hybridized carbons (Fsp3) is 0.276. The molecule has 37 heavy (non-hydrogen) atoms. The average Bonchev–Trinajstić information content (AvgIpc) is 3.30. The molecule has 0 aromatic heterocycles. The van der Waals surface area contributed by atoms with Crippen LogP contribution in [0.1, 0.15) is 39.1 Å². The molecule has 1 N–H and O–H groups in total. The molecule has 5 rings (SSSR count). The van der Waals surface area contributed by atoms with Crippen LogP contribution in [-0.2, 0) is 16.1 Å². The lowest BCUT2D eigenvalue weighted by molar-refractivity contribution is -0.128. The summed E-state index contributed by atoms with van der Waals surface area (Å²) in [5, 5.41) is 2.94. The van der Waals surface area contributed by atoms with E-state index in [1.807, 2.05) is 36.4 Å². The SMILES string of the molecule is O=C(NCc1ccccc1)C1COC2(CCN(C(=O)c3cccc(F)c3)CC2)N1C(=O)c1ccccc1. The van der Waals surface area contributed by atoms with E-state index in [0.717, 1.165) is 5.56 Å². The van der Waals surface area contributed by atoms with E-state index in [2.05, 4.69) is 5.32 Å². The van der Waals surface area contributed by atoms with E-state index in [9.17, 15) is 18.8 Å². The molecule has 2 heterocycles. The molecule has 0 saturated carbocycles. The maximum atomic E-state index is 13.7. The van der Waals surface area contributed by atoms with Crippen LogP contribution in [0.15, 0.2) is 84.9 Å². The Kier molecular flexibility index (Phi) is 7.01. The molecule has 2 aliphatic rings. The molecular formula is C29H28FN3O4. The molecule has 7 nitrogen and oxygen atoms in total. The minimum atomic E-state index is -1.01. The molecule has 2 aliphatic heterocycles. The summed E-state index contributed by atoms with van der Waals surface area (Å²) in [7, 11) is 0. The summed E-state index contributed by atoms with van der Waals surface area (Å²) in [5.74, 6) is -1.32. The van der Waals surface area contributed by atoms with Gasteiger partial charge >= 0.3 is 0 Å². The van der Waals surface area contributed by atoms with Gasteiger partial charge in [-0.2, -0.15) is 0 Å². The van der Waals surface area contributed by atoms with E-state index in [4.69, 9.17) is 4.74 Å². The Hall–Kier alpha value is -4.04. The molecule has 8 heteroatoms. The summed E-state index contributed by atoms with van der Waals surface area (Å²) < 4.78 is 19.9. The Morgan fingerprint density at radius 3 is 2.19 bits per heavy atom. The zero-order chi connectivity index (χ0) is 25.8. The van der Waals surface area contributed by atoms with Crippen molar-refractivity contribution >= 4 is 17.7 Å². The van der Waals surface area contributed by atoms with Gasteiger partial charge in [0.25, 0.3) is 11.8 Å². The number of amides is 3. The number of piperidine rings is 1. The van der Waals surface area contributed by atoms with Crippen molar-refractivity contribution in [1.82, 2.24) is 15.1 Å². The van der Waals surface area contributed by atoms with Gasteiger partial charge in [-0.15, -0.1) is 0 Å². The number of hydrogen-bond donors (Lipinski definition) is 1. The number of hydrogen-bond acceptors (Lipinski definition) is 4. The number of nitrogens with one attached hydrogen (secondary N) is 1. The predicted molar refractivity (Wildman–Crippen MR) is 135 cm³/mol. The third kappa shape index (κ3) is 5.11. The molecule has 2 saturated heterocycles. The molecule has 3 amide bonds. The maximum Gasteiger partial charge on any atom is 0.256 e. The molecule has 0 radical (unpaired) electrons. The number of carbonyl (C=O) groups excluding carboxylic acids is 3. The first-order valence-electron chi connectivity index (χ1n) is 12.4. The lowest BCUT2D eigenvalue weighted by atomic mass is 9.96. The molecule has 3 aromatic carbocycles. The van der Waals surface area contributed by atoms with Crippen LogP contribution in [0.2, 0.25) is 0 Å². The second kappa shape index (κ2) is 10.5. The fourth-order valence-electron chi connectivity index (χ4n) is 5.05. The number of halogens is 1. The van der Waals surface area contributed by atoms with Crippen molar-refractivity contribution < 1.29 is 23.5 Å². The predicted octanol–water partition coefficient (Wildman–Crippen LogP) is 3.62. The van der Waals surface area contributed by atoms with Crippen LogP contribution in [0.3, 0.4) is 0 Å². The smallest absolute Gasteiger partial charge is 0.256 e. The van der Waals surface area contributed by atoms with E-state index in [-0.39, 0.29) is 29.9 Å². The van der Waals surface area contributed by atoms with Crippen molar-refractivity contribution in [3.8, 4) is 0 Å². The molecule has 2 fully saturated rings. The Bertz CT molecular complexity index is 1280. The Balaban J connectivity index is 1.35. The second-order valence-electron chi connectivity index (χ2n) is 9.32. The van der Waals surface area contributed by atoms with Gasteiger partial charge < -0.3 is 15.0 Å². The van der Waals surface area contributed by atoms with Crippen LogP contribution < -0.4 is 5.32 Å². The highest BCUT2D eigenvalue weighted by molar-refractivity contribution is 5.98. The summed E-state index contributed by atoms with van der Waals surface area (Å²) in [6, 6.07) is 23.2. The Labute approximate surface area is 214 Å². The third-order valence-corrected chi connectivity index (χ3v) is 7.02. The maximum absolute atomic E-state index is 13.7. The highest BCUT2D eigenvalue weighted by Gasteiger charge is 2.54. The van der Waals surface area contributed by atoms with E-state index in [1.54, 1.807) is 40.1 Å². The van der Waals surface area contributed by atoms with Crippen molar-refractivity contribution in [1.29, 1.82) is 0 Å². The van der Waals surface area contributed by atoms with Crippen LogP contribution in [0.5, 0.6) is 0 Å². The van der Waals surface area contributed by atoms with Crippen molar-refractivity contribution in [3.63, 3.8) is 0 Å². The van der Waals surface area contributed by atoms with Crippen LogP contribution in [0, 0.1) is 5.82 Å². The van der Waals surface area contributed by atoms with Crippen LogP contribution in [-0.4, -0.2) is 59.0 Å². The summed E-state index contributed by atoms with van der Waals surface area (Å²) in [5.41, 5.74) is 0.681. The normalized spacial score (nSPS) is 18.6. The van der Waals surface area contributed by atoms with Gasteiger partial charge in [0.2, 0.25) is 5.91 Å². The monoisotopic (exact) mass is 501 g/mol. The van der Waals surface area contributed by atoms with Gasteiger partial charge in [-0.25, -0.2) is 4.39 Å². The number of benzene rings is 3. The first-order chi connectivity index (χ1) is 18.0. The summed E-state index contributed by atoms with van der Waals surface area (Å²) >= 11 is 0. The number of likely N-dealkylation sites (tertiary alicyclic amines) is 1. The van der Waals surface area contributed by atoms with E-state index in [1.165, 1.54) is 18.2 Å². The first-order valence-corrected chi connectivity index (χ1v) is 12.4. The highest BCUT2D eigenvalue weighted by Crippen LogP contribution is 2.38. The van der Waals surface area contributed by atoms with Gasteiger partial charge in [-0.3, -0.25) is 19.3 Å². The molecule has 1 spiro atoms. The van der Waals surface area contributed by atoms with Gasteiger partial charge in [0.05, 0.1) is 6.61 Å². The van der Waals surface area contributed by atoms with Gasteiger partial charge in [0, 0.05) is 43.6 Å². The molecule has 0 bridgehead atoms. The number of carbonyl (C=O) groups is 3. The summed E-state index contributed by atoms with van der Waals surface area (Å²) in [6.45, 7) is 1.03. The van der Waals surface area contributed by atoms with Crippen LogP contribution in [0.4, 0.5) is 4.39 Å². The molecule has 1 atom stereocenters. The van der Waals surface area contributed by atoms with E-state index in [0.29, 0.717) is 38.0 Å². The standard InChI is InChI=1S/C29H28FN3O4/c30-24-13-7-12-23(18-24)27(35)32-16-14-29(15-17-32)33(28(36)22-10-5-2-6-11-22)25(20-37-29)26(34)31-19-21-8-3-1-4-9-21/h1-13,18,25H,14-17,19-20H2,(H,31,34). The number of nitrogens with zero attached hydrogens (tertiary/aromatic N) is 2. The van der Waals surface area contributed by atoms with Crippen molar-refractivity contribution in [3.05, 3.63) is 107 Å². The third-order valence-electron chi connectivity index (χ3n) is 7.02. The van der Waals surface area contributed by atoms with E-state index < -0.39 is 17.6 Å². The molecule has 0 aliphatic carbocycles. The zero-order valence-corrected chi connectivity index (χ0v) is 20.3. The quantitative estimate of drug-likeness (QED) is 0.579. The highest BCUT2D eigenvalue weighted by atomic mass is 19.1. The minimum Gasteiger partial charge on any atom is -0.353 e.